The van der Waals surface area contributed by atoms with E-state index in [0.29, 0.717) is 0 Å². The zero-order valence-electron chi connectivity index (χ0n) is 13.2. The van der Waals surface area contributed by atoms with Crippen LogP contribution >= 0.6 is 15.6 Å². The Balaban J connectivity index is 1.62. The molecule has 16 nitrogen and oxygen atoms in total. The van der Waals surface area contributed by atoms with Crippen molar-refractivity contribution in [3.8, 4) is 6.01 Å². The predicted octanol–water partition coefficient (Wildman–Crippen LogP) is -1.40. The molecule has 4 saturated heterocycles. The number of nitrogens with zero attached hydrogens (tertiary/aromatic N) is 4. The van der Waals surface area contributed by atoms with Gasteiger partial charge in [-0.3, -0.25) is 9.42 Å². The van der Waals surface area contributed by atoms with Crippen LogP contribution in [0, 0.1) is 0 Å². The van der Waals surface area contributed by atoms with Crippen LogP contribution in [0.1, 0.15) is 6.23 Å². The Kier molecular flexibility index (Phi) is 2.33. The van der Waals surface area contributed by atoms with Gasteiger partial charge in [0.2, 0.25) is 12.2 Å². The van der Waals surface area contributed by atoms with Crippen molar-refractivity contribution in [2.45, 2.75) is 23.9 Å². The summed E-state index contributed by atoms with van der Waals surface area (Å²) in [5, 5.41) is 9.72. The van der Waals surface area contributed by atoms with Crippen LogP contribution in [0.2, 0.25) is 0 Å². The third kappa shape index (κ3) is 1.40. The molecule has 148 valence electrons. The molecule has 6 bridgehead atoms. The van der Waals surface area contributed by atoms with Crippen LogP contribution in [0.25, 0.3) is 11.2 Å². The Morgan fingerprint density at radius 3 is 2.61 bits per heavy atom. The van der Waals surface area contributed by atoms with E-state index >= 15 is 0 Å². The highest BCUT2D eigenvalue weighted by Crippen LogP contribution is 2.85. The van der Waals surface area contributed by atoms with Crippen LogP contribution in [0.4, 0.5) is 5.95 Å². The minimum atomic E-state index is -4.63. The van der Waals surface area contributed by atoms with Crippen molar-refractivity contribution < 1.29 is 46.2 Å². The van der Waals surface area contributed by atoms with Gasteiger partial charge in [0.1, 0.15) is 6.10 Å². The van der Waals surface area contributed by atoms with Gasteiger partial charge >= 0.3 is 27.2 Å². The van der Waals surface area contributed by atoms with Gasteiger partial charge < -0.3 is 20.1 Å². The zero-order chi connectivity index (χ0) is 19.3. The molecule has 0 amide bonds. The lowest BCUT2D eigenvalue weighted by Gasteiger charge is -2.38. The first kappa shape index (κ1) is 15.8. The molecule has 6 aliphatic rings. The van der Waals surface area contributed by atoms with Gasteiger partial charge in [-0.1, -0.05) is 0 Å². The van der Waals surface area contributed by atoms with E-state index in [1.165, 1.54) is 0 Å². The molecule has 2 spiro atoms. The summed E-state index contributed by atoms with van der Waals surface area (Å²) in [5.41, 5.74) is 4.54. The van der Waals surface area contributed by atoms with E-state index in [1.54, 1.807) is 0 Å². The summed E-state index contributed by atoms with van der Waals surface area (Å²) in [6, 6.07) is -0.393. The lowest BCUT2D eigenvalue weighted by atomic mass is 10.0. The molecule has 0 saturated carbocycles. The third-order valence-electron chi connectivity index (χ3n) is 4.97. The molecule has 0 aromatic carbocycles. The summed E-state index contributed by atoms with van der Waals surface area (Å²) in [6.07, 6.45) is -2.70. The van der Waals surface area contributed by atoms with Crippen LogP contribution in [0.5, 0.6) is 6.01 Å². The first-order valence-corrected chi connectivity index (χ1v) is 10.6. The first-order chi connectivity index (χ1) is 13.2. The highest BCUT2D eigenvalue weighted by atomic mass is 31.2. The van der Waals surface area contributed by atoms with Crippen molar-refractivity contribution in [1.29, 1.82) is 0 Å². The molecule has 3 N–H and O–H groups in total. The number of phosphoric acid groups is 2. The molecule has 0 aliphatic carbocycles. The Morgan fingerprint density at radius 2 is 1.86 bits per heavy atom. The molecule has 8 heterocycles. The molecule has 2 aromatic rings. The third-order valence-corrected chi connectivity index (χ3v) is 7.70. The smallest absolute Gasteiger partial charge is 0.393 e. The average Bonchev–Trinajstić information content (AvgIpc) is 3.14. The van der Waals surface area contributed by atoms with E-state index in [2.05, 4.69) is 9.97 Å². The summed E-state index contributed by atoms with van der Waals surface area (Å²) in [4.78, 5) is 19.7. The minimum absolute atomic E-state index is 0.127. The van der Waals surface area contributed by atoms with Gasteiger partial charge in [0.15, 0.2) is 11.2 Å². The molecule has 18 heteroatoms. The number of nitrogen functional groups attached to an aromatic ring is 1. The lowest BCUT2D eigenvalue weighted by Crippen LogP contribution is -2.59. The topological polar surface area (TPSA) is 198 Å². The lowest BCUT2D eigenvalue weighted by molar-refractivity contribution is -0.275. The molecular weight excluding hydrogens is 428 g/mol. The van der Waals surface area contributed by atoms with Gasteiger partial charge in [-0.25, -0.2) is 31.8 Å². The Labute approximate surface area is 151 Å². The fraction of sp³-hybridized carbons (Fsp3) is 0.500. The summed E-state index contributed by atoms with van der Waals surface area (Å²) in [6.45, 7) is -0.657. The van der Waals surface area contributed by atoms with Crippen molar-refractivity contribution in [3.63, 3.8) is 0 Å². The normalized spacial score (nSPS) is 46.5. The van der Waals surface area contributed by atoms with Gasteiger partial charge in [-0.05, 0) is 0 Å². The Morgan fingerprint density at radius 1 is 1.14 bits per heavy atom. The number of phosphoric ester groups is 2. The van der Waals surface area contributed by atoms with E-state index in [1.807, 2.05) is 0 Å². The number of nitrogens with two attached hydrogens (primary N) is 1. The highest BCUT2D eigenvalue weighted by molar-refractivity contribution is 7.51. The molecule has 4 atom stereocenters. The van der Waals surface area contributed by atoms with E-state index in [4.69, 9.17) is 37.7 Å². The summed E-state index contributed by atoms with van der Waals surface area (Å²) < 4.78 is 65.3. The van der Waals surface area contributed by atoms with Crippen molar-refractivity contribution in [3.05, 3.63) is 10.4 Å². The van der Waals surface area contributed by atoms with Crippen LogP contribution in [0.15, 0.2) is 4.79 Å². The number of aliphatic hydroxyl groups is 1. The van der Waals surface area contributed by atoms with Crippen molar-refractivity contribution in [2.75, 3.05) is 12.3 Å². The summed E-state index contributed by atoms with van der Waals surface area (Å²) in [7, 11) is -8.68. The van der Waals surface area contributed by atoms with Gasteiger partial charge in [0.25, 0.3) is 11.6 Å². The predicted molar refractivity (Wildman–Crippen MR) is 79.4 cm³/mol. The highest BCUT2D eigenvalue weighted by Gasteiger charge is 2.92. The molecule has 2 aromatic heterocycles. The van der Waals surface area contributed by atoms with Crippen molar-refractivity contribution >= 4 is 32.8 Å². The maximum atomic E-state index is 13.3. The first-order valence-electron chi connectivity index (χ1n) is 7.73. The van der Waals surface area contributed by atoms with Crippen LogP contribution in [-0.4, -0.2) is 48.7 Å². The van der Waals surface area contributed by atoms with Crippen LogP contribution in [0.3, 0.4) is 0 Å². The van der Waals surface area contributed by atoms with Crippen molar-refractivity contribution in [1.82, 2.24) is 19.3 Å². The Bertz CT molecular complexity index is 1280. The number of hydrogen-bond donors (Lipinski definition) is 2. The standard InChI is InChI=1S/C10H7N5O11P2/c11-7-13-4(17)3-5-14-6-10(24-27(18,26-15(5)7)21-8(14)12-3)9(2(1-16)20-6)22-28(19,23-9)25-10/h2,6,16H,1H2,(H2,11,13,17)/t2-,6+,9?,10?,27?,28?/m0/s1. The molecule has 8 rings (SSSR count). The average molecular weight is 435 g/mol. The number of aliphatic hydroxyl groups excluding tert-OH is 1. The zero-order valence-corrected chi connectivity index (χ0v) is 14.9. The SMILES string of the molecule is Nc1nc(=O)c2nc3n4c2n1OP(=O)(O3)OC12OP3(=O)OC1(O3)[C@H](CO)O[C@@H]42. The monoisotopic (exact) mass is 435 g/mol. The number of fused-ring (bicyclic) bond motifs is 1. The van der Waals surface area contributed by atoms with Crippen LogP contribution < -0.4 is 20.4 Å². The van der Waals surface area contributed by atoms with Gasteiger partial charge in [-0.2, -0.15) is 9.97 Å². The summed E-state index contributed by atoms with van der Waals surface area (Å²) in [5.74, 6) is -4.72. The second-order valence-electron chi connectivity index (χ2n) is 6.43. The second kappa shape index (κ2) is 4.13. The minimum Gasteiger partial charge on any atom is -0.393 e. The van der Waals surface area contributed by atoms with E-state index < -0.39 is 63.7 Å². The molecule has 28 heavy (non-hydrogen) atoms. The number of ether oxygens (including phenoxy) is 1. The largest absolute Gasteiger partial charge is 0.612 e. The molecule has 2 unspecified atom stereocenters. The maximum Gasteiger partial charge on any atom is 0.612 e. The second-order valence-corrected chi connectivity index (χ2v) is 9.30. The quantitative estimate of drug-likeness (QED) is 0.496. The Hall–Kier alpha value is -2.03. The number of anilines is 1. The van der Waals surface area contributed by atoms with Crippen molar-refractivity contribution in [2.24, 2.45) is 0 Å². The van der Waals surface area contributed by atoms with E-state index in [-0.39, 0.29) is 11.2 Å². The molecular formula is C10H7N5O11P2. The van der Waals surface area contributed by atoms with E-state index in [0.717, 1.165) is 9.30 Å². The number of aromatic nitrogens is 4. The molecule has 6 aliphatic heterocycles. The summed E-state index contributed by atoms with van der Waals surface area (Å²) >= 11 is 0. The fourth-order valence-corrected chi connectivity index (χ4v) is 7.24. The number of imidazole rings is 1. The van der Waals surface area contributed by atoms with Gasteiger partial charge in [0.05, 0.1) is 6.61 Å². The maximum absolute atomic E-state index is 13.3. The number of hydrogen-bond acceptors (Lipinski definition) is 14. The molecule has 4 fully saturated rings. The fourth-order valence-electron chi connectivity index (χ4n) is 3.97. The van der Waals surface area contributed by atoms with Crippen LogP contribution in [-0.2, 0) is 32.0 Å². The number of rotatable bonds is 1. The van der Waals surface area contributed by atoms with Gasteiger partial charge in [-0.15, -0.1) is 4.73 Å². The van der Waals surface area contributed by atoms with Gasteiger partial charge in [0, 0.05) is 0 Å². The molecule has 0 radical (unpaired) electrons. The van der Waals surface area contributed by atoms with E-state index in [9.17, 15) is 19.0 Å².